The summed E-state index contributed by atoms with van der Waals surface area (Å²) in [7, 11) is 0. The van der Waals surface area contributed by atoms with Gasteiger partial charge in [0.1, 0.15) is 0 Å². The van der Waals surface area contributed by atoms with Crippen LogP contribution in [-0.2, 0) is 0 Å². The fraction of sp³-hybridized carbons (Fsp3) is 0.333. The van der Waals surface area contributed by atoms with Crippen molar-refractivity contribution in [2.45, 2.75) is 12.1 Å². The molecule has 1 aromatic rings. The minimum atomic E-state index is -0.746. The Morgan fingerprint density at radius 2 is 1.92 bits per heavy atom. The highest BCUT2D eigenvalue weighted by molar-refractivity contribution is 5.48. The van der Waals surface area contributed by atoms with Crippen LogP contribution in [0.25, 0.3) is 0 Å². The Balaban J connectivity index is 2.88. The molecule has 1 aromatic carbocycles. The Morgan fingerprint density at radius 3 is 2.46 bits per heavy atom. The van der Waals surface area contributed by atoms with Crippen LogP contribution in [0.3, 0.4) is 0 Å². The van der Waals surface area contributed by atoms with E-state index in [2.05, 4.69) is 0 Å². The van der Waals surface area contributed by atoms with Crippen molar-refractivity contribution in [2.24, 2.45) is 11.5 Å². The highest BCUT2D eigenvalue weighted by atomic mass is 16.3. The van der Waals surface area contributed by atoms with Gasteiger partial charge in [-0.05, 0) is 11.6 Å². The lowest BCUT2D eigenvalue weighted by molar-refractivity contribution is 0.153. The molecular weight excluding hydrogens is 166 g/mol. The predicted octanol–water partition coefficient (Wildman–Crippen LogP) is -0.412. The lowest BCUT2D eigenvalue weighted by Crippen LogP contribution is -2.33. The molecule has 0 fully saturated rings. The van der Waals surface area contributed by atoms with Gasteiger partial charge in [-0.25, -0.2) is 0 Å². The van der Waals surface area contributed by atoms with Crippen molar-refractivity contribution in [3.63, 3.8) is 0 Å². The normalized spacial score (nSPS) is 15.3. The zero-order valence-corrected chi connectivity index (χ0v) is 7.35. The number of hydrogen-bond acceptors (Lipinski definition) is 4. The van der Waals surface area contributed by atoms with E-state index in [1.54, 1.807) is 12.1 Å². The van der Waals surface area contributed by atoms with Gasteiger partial charge in [-0.15, -0.1) is 0 Å². The van der Waals surface area contributed by atoms with E-state index < -0.39 is 12.1 Å². The van der Waals surface area contributed by atoms with Crippen LogP contribution in [-0.4, -0.2) is 17.8 Å². The first kappa shape index (κ1) is 9.98. The highest BCUT2D eigenvalue weighted by Crippen LogP contribution is 2.20. The smallest absolute Gasteiger partial charge is 0.0855 e. The van der Waals surface area contributed by atoms with Crippen molar-refractivity contribution < 1.29 is 5.11 Å². The van der Waals surface area contributed by atoms with E-state index in [4.69, 9.17) is 17.2 Å². The highest BCUT2D eigenvalue weighted by Gasteiger charge is 2.16. The zero-order valence-electron chi connectivity index (χ0n) is 7.35. The molecule has 0 aliphatic heterocycles. The summed E-state index contributed by atoms with van der Waals surface area (Å²) in [5, 5.41) is 9.40. The summed E-state index contributed by atoms with van der Waals surface area (Å²) in [6.45, 7) is 0.134. The van der Waals surface area contributed by atoms with E-state index in [9.17, 15) is 5.11 Å². The topological polar surface area (TPSA) is 98.3 Å². The molecule has 0 amide bonds. The van der Waals surface area contributed by atoms with Gasteiger partial charge in [0.15, 0.2) is 0 Å². The van der Waals surface area contributed by atoms with Crippen molar-refractivity contribution in [1.29, 1.82) is 0 Å². The third kappa shape index (κ3) is 2.18. The molecule has 72 valence electrons. The number of aliphatic hydroxyl groups excluding tert-OH is 1. The van der Waals surface area contributed by atoms with Gasteiger partial charge in [-0.1, -0.05) is 18.2 Å². The minimum Gasteiger partial charge on any atom is -0.398 e. The maximum absolute atomic E-state index is 9.40. The van der Waals surface area contributed by atoms with Crippen LogP contribution < -0.4 is 17.2 Å². The SMILES string of the molecule is NCC(O)C(N)c1ccccc1N. The molecule has 0 saturated heterocycles. The van der Waals surface area contributed by atoms with Crippen LogP contribution in [0.1, 0.15) is 11.6 Å². The van der Waals surface area contributed by atoms with Crippen LogP contribution in [0.5, 0.6) is 0 Å². The molecule has 0 aliphatic rings. The third-order valence-electron chi connectivity index (χ3n) is 2.01. The first-order chi connectivity index (χ1) is 6.16. The fourth-order valence-electron chi connectivity index (χ4n) is 1.17. The average Bonchev–Trinajstić information content (AvgIpc) is 2.16. The number of rotatable bonds is 3. The first-order valence-corrected chi connectivity index (χ1v) is 4.15. The number of aliphatic hydroxyl groups is 1. The Hall–Kier alpha value is -1.10. The largest absolute Gasteiger partial charge is 0.398 e. The monoisotopic (exact) mass is 181 g/mol. The van der Waals surface area contributed by atoms with Gasteiger partial charge in [0.2, 0.25) is 0 Å². The Kier molecular flexibility index (Phi) is 3.25. The van der Waals surface area contributed by atoms with Crippen LogP contribution in [0.15, 0.2) is 24.3 Å². The van der Waals surface area contributed by atoms with Gasteiger partial charge in [-0.2, -0.15) is 0 Å². The molecule has 4 heteroatoms. The van der Waals surface area contributed by atoms with Gasteiger partial charge in [0.05, 0.1) is 12.1 Å². The van der Waals surface area contributed by atoms with E-state index in [-0.39, 0.29) is 6.54 Å². The van der Waals surface area contributed by atoms with Gasteiger partial charge < -0.3 is 22.3 Å². The molecule has 4 nitrogen and oxygen atoms in total. The van der Waals surface area contributed by atoms with E-state index in [1.165, 1.54) is 0 Å². The second kappa shape index (κ2) is 4.23. The maximum Gasteiger partial charge on any atom is 0.0855 e. The average molecular weight is 181 g/mol. The quantitative estimate of drug-likeness (QED) is 0.476. The lowest BCUT2D eigenvalue weighted by Gasteiger charge is -2.18. The Morgan fingerprint density at radius 1 is 1.31 bits per heavy atom. The summed E-state index contributed by atoms with van der Waals surface area (Å²) in [6.07, 6.45) is -0.746. The van der Waals surface area contributed by atoms with Crippen molar-refractivity contribution in [1.82, 2.24) is 0 Å². The number of anilines is 1. The molecule has 2 unspecified atom stereocenters. The van der Waals surface area contributed by atoms with Crippen LogP contribution in [0, 0.1) is 0 Å². The van der Waals surface area contributed by atoms with Crippen molar-refractivity contribution in [3.8, 4) is 0 Å². The molecule has 7 N–H and O–H groups in total. The molecule has 1 rings (SSSR count). The van der Waals surface area contributed by atoms with Crippen LogP contribution in [0.2, 0.25) is 0 Å². The molecule has 13 heavy (non-hydrogen) atoms. The van der Waals surface area contributed by atoms with E-state index in [0.717, 1.165) is 5.56 Å². The Labute approximate surface area is 77.3 Å². The molecule has 0 saturated carbocycles. The molecule has 0 bridgehead atoms. The second-order valence-corrected chi connectivity index (χ2v) is 2.96. The number of para-hydroxylation sites is 1. The lowest BCUT2D eigenvalue weighted by atomic mass is 10.0. The first-order valence-electron chi connectivity index (χ1n) is 4.15. The summed E-state index contributed by atoms with van der Waals surface area (Å²) in [5.41, 5.74) is 18.0. The molecule has 0 aromatic heterocycles. The summed E-state index contributed by atoms with van der Waals surface area (Å²) in [4.78, 5) is 0. The molecule has 0 aliphatic carbocycles. The van der Waals surface area contributed by atoms with Gasteiger partial charge >= 0.3 is 0 Å². The fourth-order valence-corrected chi connectivity index (χ4v) is 1.17. The standard InChI is InChI=1S/C9H15N3O/c10-5-8(13)9(12)6-3-1-2-4-7(6)11/h1-4,8-9,13H,5,10-12H2. The van der Waals surface area contributed by atoms with E-state index >= 15 is 0 Å². The van der Waals surface area contributed by atoms with E-state index in [1.807, 2.05) is 12.1 Å². The van der Waals surface area contributed by atoms with Gasteiger partial charge in [0.25, 0.3) is 0 Å². The molecule has 0 radical (unpaired) electrons. The minimum absolute atomic E-state index is 0.134. The summed E-state index contributed by atoms with van der Waals surface area (Å²) < 4.78 is 0. The van der Waals surface area contributed by atoms with Gasteiger partial charge in [-0.3, -0.25) is 0 Å². The summed E-state index contributed by atoms with van der Waals surface area (Å²) in [5.74, 6) is 0. The van der Waals surface area contributed by atoms with Crippen molar-refractivity contribution >= 4 is 5.69 Å². The maximum atomic E-state index is 9.40. The molecular formula is C9H15N3O. The van der Waals surface area contributed by atoms with E-state index in [0.29, 0.717) is 5.69 Å². The predicted molar refractivity (Wildman–Crippen MR) is 52.8 cm³/mol. The second-order valence-electron chi connectivity index (χ2n) is 2.96. The number of hydrogen-bond donors (Lipinski definition) is 4. The molecule has 0 heterocycles. The Bertz CT molecular complexity index is 277. The van der Waals surface area contributed by atoms with Crippen molar-refractivity contribution in [2.75, 3.05) is 12.3 Å². The number of nitrogens with two attached hydrogens (primary N) is 3. The summed E-state index contributed by atoms with van der Waals surface area (Å²) >= 11 is 0. The molecule has 0 spiro atoms. The molecule has 2 atom stereocenters. The number of benzene rings is 1. The van der Waals surface area contributed by atoms with Crippen LogP contribution in [0.4, 0.5) is 5.69 Å². The number of nitrogen functional groups attached to an aromatic ring is 1. The van der Waals surface area contributed by atoms with Crippen LogP contribution >= 0.6 is 0 Å². The van der Waals surface area contributed by atoms with Gasteiger partial charge in [0, 0.05) is 12.2 Å². The van der Waals surface area contributed by atoms with Crippen molar-refractivity contribution in [3.05, 3.63) is 29.8 Å². The third-order valence-corrected chi connectivity index (χ3v) is 2.01. The summed E-state index contributed by atoms with van der Waals surface area (Å²) in [6, 6.07) is 6.68. The zero-order chi connectivity index (χ0) is 9.84.